The molecule has 0 saturated carbocycles. The Hall–Kier alpha value is -3.13. The van der Waals surface area contributed by atoms with Gasteiger partial charge in [0.25, 0.3) is 5.91 Å². The van der Waals surface area contributed by atoms with E-state index in [-0.39, 0.29) is 11.7 Å². The first kappa shape index (κ1) is 15.2. The summed E-state index contributed by atoms with van der Waals surface area (Å²) >= 11 is 6.28. The van der Waals surface area contributed by atoms with Crippen LogP contribution in [0, 0.1) is 0 Å². The zero-order valence-corrected chi connectivity index (χ0v) is 14.2. The van der Waals surface area contributed by atoms with Crippen LogP contribution in [0.3, 0.4) is 0 Å². The van der Waals surface area contributed by atoms with Gasteiger partial charge in [-0.2, -0.15) is 5.10 Å². The Balaban J connectivity index is 1.66. The normalized spacial score (nSPS) is 16.8. The second kappa shape index (κ2) is 5.70. The van der Waals surface area contributed by atoms with Crippen molar-refractivity contribution in [3.8, 4) is 0 Å². The summed E-state index contributed by atoms with van der Waals surface area (Å²) in [5.74, 6) is -0.0555. The first-order valence-corrected chi connectivity index (χ1v) is 8.45. The van der Waals surface area contributed by atoms with Gasteiger partial charge < -0.3 is 14.3 Å². The van der Waals surface area contributed by atoms with Crippen LogP contribution in [0.25, 0.3) is 5.52 Å². The van der Waals surface area contributed by atoms with Crippen LogP contribution < -0.4 is 0 Å². The van der Waals surface area contributed by atoms with Crippen LogP contribution in [0.2, 0.25) is 5.02 Å². The molecule has 0 unspecified atom stereocenters. The van der Waals surface area contributed by atoms with E-state index in [1.165, 1.54) is 12.6 Å². The summed E-state index contributed by atoms with van der Waals surface area (Å²) in [7, 11) is 0. The van der Waals surface area contributed by atoms with Gasteiger partial charge in [0, 0.05) is 24.9 Å². The number of pyridine rings is 1. The number of aromatic nitrogens is 5. The number of hydrogen-bond acceptors (Lipinski definition) is 5. The molecule has 0 aromatic carbocycles. The van der Waals surface area contributed by atoms with Crippen LogP contribution in [0.5, 0.6) is 0 Å². The Morgan fingerprint density at radius 1 is 1.42 bits per heavy atom. The van der Waals surface area contributed by atoms with E-state index in [0.29, 0.717) is 23.7 Å². The second-order valence-corrected chi connectivity index (χ2v) is 6.45. The molecule has 4 aromatic heterocycles. The largest absolute Gasteiger partial charge is 0.438 e. The monoisotopic (exact) mass is 368 g/mol. The number of aromatic amines is 1. The first-order valence-electron chi connectivity index (χ1n) is 8.08. The fourth-order valence-corrected chi connectivity index (χ4v) is 3.61. The number of carbonyl (C=O) groups is 1. The van der Waals surface area contributed by atoms with Gasteiger partial charge in [0.05, 0.1) is 34.5 Å². The molecule has 8 nitrogen and oxygen atoms in total. The third kappa shape index (κ3) is 2.22. The highest BCUT2D eigenvalue weighted by Crippen LogP contribution is 2.34. The summed E-state index contributed by atoms with van der Waals surface area (Å²) in [6.07, 6.45) is 6.81. The lowest BCUT2D eigenvalue weighted by Gasteiger charge is -2.33. The Labute approximate surface area is 152 Å². The fourth-order valence-electron chi connectivity index (χ4n) is 3.39. The van der Waals surface area contributed by atoms with Crippen molar-refractivity contribution in [1.29, 1.82) is 0 Å². The predicted molar refractivity (Wildman–Crippen MR) is 91.9 cm³/mol. The highest BCUT2D eigenvalue weighted by atomic mass is 35.5. The van der Waals surface area contributed by atoms with Crippen molar-refractivity contribution in [2.75, 3.05) is 6.54 Å². The van der Waals surface area contributed by atoms with Gasteiger partial charge in [-0.3, -0.25) is 4.79 Å². The lowest BCUT2D eigenvalue weighted by atomic mass is 9.99. The minimum Gasteiger partial charge on any atom is -0.438 e. The van der Waals surface area contributed by atoms with Gasteiger partial charge >= 0.3 is 0 Å². The minimum atomic E-state index is -0.432. The van der Waals surface area contributed by atoms with Crippen molar-refractivity contribution >= 4 is 23.0 Å². The molecule has 1 amide bonds. The maximum absolute atomic E-state index is 13.0. The number of nitrogens with one attached hydrogen (secondary N) is 1. The van der Waals surface area contributed by atoms with Crippen LogP contribution in [0.1, 0.15) is 33.7 Å². The minimum absolute atomic E-state index is 0.191. The topological polar surface area (TPSA) is 92.3 Å². The lowest BCUT2D eigenvalue weighted by molar-refractivity contribution is 0.0654. The van der Waals surface area contributed by atoms with Crippen LogP contribution in [0.15, 0.2) is 47.7 Å². The van der Waals surface area contributed by atoms with Crippen molar-refractivity contribution in [2.24, 2.45) is 0 Å². The van der Waals surface area contributed by atoms with E-state index in [2.05, 4.69) is 20.1 Å². The molecule has 0 spiro atoms. The van der Waals surface area contributed by atoms with E-state index < -0.39 is 6.04 Å². The van der Waals surface area contributed by atoms with Gasteiger partial charge in [0.15, 0.2) is 6.39 Å². The number of halogens is 1. The molecule has 0 bridgehead atoms. The first-order chi connectivity index (χ1) is 12.7. The number of amides is 1. The van der Waals surface area contributed by atoms with E-state index >= 15 is 0 Å². The average molecular weight is 369 g/mol. The number of hydrogen-bond donors (Lipinski definition) is 1. The van der Waals surface area contributed by atoms with E-state index in [4.69, 9.17) is 16.0 Å². The quantitative estimate of drug-likeness (QED) is 0.586. The van der Waals surface area contributed by atoms with Crippen molar-refractivity contribution in [3.63, 3.8) is 0 Å². The number of fused-ring (bicyclic) bond motifs is 2. The van der Waals surface area contributed by atoms with E-state index in [1.807, 2.05) is 18.3 Å². The smallest absolute Gasteiger partial charge is 0.292 e. The number of oxazole rings is 1. The summed E-state index contributed by atoms with van der Waals surface area (Å²) < 4.78 is 6.91. The Morgan fingerprint density at radius 2 is 2.35 bits per heavy atom. The number of H-pyrrole nitrogens is 1. The summed E-state index contributed by atoms with van der Waals surface area (Å²) in [6.45, 7) is 0.515. The molecule has 9 heteroatoms. The van der Waals surface area contributed by atoms with Crippen LogP contribution in [0.4, 0.5) is 0 Å². The highest BCUT2D eigenvalue weighted by Gasteiger charge is 2.37. The molecule has 0 saturated heterocycles. The molecule has 1 aliphatic heterocycles. The highest BCUT2D eigenvalue weighted by molar-refractivity contribution is 6.33. The maximum Gasteiger partial charge on any atom is 0.292 e. The summed E-state index contributed by atoms with van der Waals surface area (Å²) in [6, 6.07) is 5.08. The average Bonchev–Trinajstić information content (AvgIpc) is 3.39. The SMILES string of the molecule is O=C(c1cnco1)N1CCc2[nH]cnc2[C@H]1c1cc2c(Cl)cccn2n1. The van der Waals surface area contributed by atoms with Gasteiger partial charge in [-0.1, -0.05) is 11.6 Å². The van der Waals surface area contributed by atoms with Crippen molar-refractivity contribution in [2.45, 2.75) is 12.5 Å². The Bertz CT molecular complexity index is 1100. The molecule has 0 aliphatic carbocycles. The summed E-state index contributed by atoms with van der Waals surface area (Å²) in [5.41, 5.74) is 3.25. The van der Waals surface area contributed by atoms with Gasteiger partial charge in [-0.05, 0) is 18.2 Å². The molecule has 130 valence electrons. The maximum atomic E-state index is 13.0. The van der Waals surface area contributed by atoms with Crippen LogP contribution in [-0.2, 0) is 6.42 Å². The third-order valence-corrected chi connectivity index (χ3v) is 4.90. The molecule has 1 N–H and O–H groups in total. The van der Waals surface area contributed by atoms with Crippen molar-refractivity contribution in [1.82, 2.24) is 29.5 Å². The van der Waals surface area contributed by atoms with Crippen molar-refractivity contribution < 1.29 is 9.21 Å². The van der Waals surface area contributed by atoms with Gasteiger partial charge in [-0.25, -0.2) is 14.5 Å². The second-order valence-electron chi connectivity index (χ2n) is 6.04. The van der Waals surface area contributed by atoms with E-state index in [0.717, 1.165) is 16.9 Å². The molecule has 4 aromatic rings. The van der Waals surface area contributed by atoms with Gasteiger partial charge in [0.1, 0.15) is 6.04 Å². The zero-order chi connectivity index (χ0) is 17.7. The molecule has 1 atom stereocenters. The fraction of sp³-hybridized carbons (Fsp3) is 0.176. The van der Waals surface area contributed by atoms with Gasteiger partial charge in [0.2, 0.25) is 5.76 Å². The molecule has 0 fully saturated rings. The van der Waals surface area contributed by atoms with Crippen LogP contribution in [-0.4, -0.2) is 41.9 Å². The zero-order valence-electron chi connectivity index (χ0n) is 13.5. The summed E-state index contributed by atoms with van der Waals surface area (Å²) in [5, 5.41) is 5.22. The molecule has 0 radical (unpaired) electrons. The number of rotatable bonds is 2. The molecular weight excluding hydrogens is 356 g/mol. The predicted octanol–water partition coefficient (Wildman–Crippen LogP) is 2.49. The third-order valence-electron chi connectivity index (χ3n) is 4.58. The number of carbonyl (C=O) groups excluding carboxylic acids is 1. The Morgan fingerprint density at radius 3 is 3.15 bits per heavy atom. The van der Waals surface area contributed by atoms with E-state index in [1.54, 1.807) is 21.8 Å². The number of nitrogens with zero attached hydrogens (tertiary/aromatic N) is 5. The molecule has 26 heavy (non-hydrogen) atoms. The van der Waals surface area contributed by atoms with Crippen LogP contribution >= 0.6 is 11.6 Å². The molecular formula is C17H13ClN6O2. The number of imidazole rings is 1. The standard InChI is InChI=1S/C17H13ClN6O2/c18-10-2-1-4-24-13(10)6-12(22-24)16-15-11(20-8-21-15)3-5-23(16)17(25)14-7-19-9-26-14/h1-2,4,6-9,16H,3,5H2,(H,20,21)/t16-/m1/s1. The molecule has 5 heterocycles. The van der Waals surface area contributed by atoms with Crippen molar-refractivity contribution in [3.05, 3.63) is 71.2 Å². The van der Waals surface area contributed by atoms with E-state index in [9.17, 15) is 4.79 Å². The molecule has 5 rings (SSSR count). The lowest BCUT2D eigenvalue weighted by Crippen LogP contribution is -2.40. The molecule has 1 aliphatic rings. The summed E-state index contributed by atoms with van der Waals surface area (Å²) in [4.78, 5) is 26.1. The van der Waals surface area contributed by atoms with Gasteiger partial charge in [-0.15, -0.1) is 0 Å². The Kier molecular flexibility index (Phi) is 3.32.